The SMILES string of the molecule is ClP(COCc1ccccc1)(c1ccccc1)(c1ccccc1)c1ccccc1. The molecule has 146 valence electrons. The van der Waals surface area contributed by atoms with Crippen molar-refractivity contribution in [2.75, 3.05) is 6.35 Å². The summed E-state index contributed by atoms with van der Waals surface area (Å²) in [4.78, 5) is 0. The Bertz CT molecular complexity index is 938. The van der Waals surface area contributed by atoms with Gasteiger partial charge in [-0.2, -0.15) is 0 Å². The second-order valence-corrected chi connectivity index (χ2v) is 13.6. The van der Waals surface area contributed by atoms with Crippen LogP contribution in [-0.4, -0.2) is 6.35 Å². The molecular formula is C26H24ClOP. The number of hydrogen-bond donors (Lipinski definition) is 0. The molecule has 0 aliphatic carbocycles. The molecule has 0 atom stereocenters. The van der Waals surface area contributed by atoms with Gasteiger partial charge in [0.25, 0.3) is 0 Å². The van der Waals surface area contributed by atoms with E-state index >= 15 is 0 Å². The van der Waals surface area contributed by atoms with Crippen molar-refractivity contribution in [3.63, 3.8) is 0 Å². The molecule has 0 radical (unpaired) electrons. The topological polar surface area (TPSA) is 9.23 Å². The molecule has 0 unspecified atom stereocenters. The second-order valence-electron chi connectivity index (χ2n) is 7.15. The monoisotopic (exact) mass is 418 g/mol. The van der Waals surface area contributed by atoms with E-state index in [1.165, 1.54) is 0 Å². The quantitative estimate of drug-likeness (QED) is 0.342. The van der Waals surface area contributed by atoms with Gasteiger partial charge < -0.3 is 0 Å². The van der Waals surface area contributed by atoms with E-state index in [4.69, 9.17) is 16.0 Å². The number of hydrogen-bond acceptors (Lipinski definition) is 1. The van der Waals surface area contributed by atoms with Crippen LogP contribution < -0.4 is 15.9 Å². The third-order valence-electron chi connectivity index (χ3n) is 5.33. The Labute approximate surface area is 177 Å². The van der Waals surface area contributed by atoms with Gasteiger partial charge in [-0.25, -0.2) is 0 Å². The van der Waals surface area contributed by atoms with Crippen molar-refractivity contribution in [2.24, 2.45) is 0 Å². The Balaban J connectivity index is 1.87. The van der Waals surface area contributed by atoms with E-state index < -0.39 is 5.96 Å². The van der Waals surface area contributed by atoms with E-state index in [1.54, 1.807) is 0 Å². The molecule has 0 fully saturated rings. The molecule has 0 aliphatic heterocycles. The summed E-state index contributed by atoms with van der Waals surface area (Å²) in [6.07, 6.45) is 0.431. The summed E-state index contributed by atoms with van der Waals surface area (Å²) in [5.74, 6) is -3.34. The summed E-state index contributed by atoms with van der Waals surface area (Å²) < 4.78 is 6.38. The first-order chi connectivity index (χ1) is 14.2. The molecule has 0 bridgehead atoms. The van der Waals surface area contributed by atoms with Gasteiger partial charge in [-0.15, -0.1) is 0 Å². The molecule has 3 heteroatoms. The van der Waals surface area contributed by atoms with Gasteiger partial charge in [0.15, 0.2) is 0 Å². The molecule has 0 heterocycles. The first-order valence-electron chi connectivity index (χ1n) is 9.73. The zero-order valence-corrected chi connectivity index (χ0v) is 17.8. The van der Waals surface area contributed by atoms with Crippen molar-refractivity contribution >= 4 is 33.1 Å². The van der Waals surface area contributed by atoms with Gasteiger partial charge >= 0.3 is 178 Å². The van der Waals surface area contributed by atoms with Crippen molar-refractivity contribution in [2.45, 2.75) is 6.61 Å². The molecule has 0 aromatic heterocycles. The summed E-state index contributed by atoms with van der Waals surface area (Å²) >= 11 is 7.95. The fraction of sp³-hybridized carbons (Fsp3) is 0.0769. The van der Waals surface area contributed by atoms with Crippen LogP contribution in [0.1, 0.15) is 5.56 Å². The molecule has 4 aromatic carbocycles. The minimum absolute atomic E-state index is 0.431. The Kier molecular flexibility index (Phi) is 5.83. The van der Waals surface area contributed by atoms with Crippen LogP contribution in [0, 0.1) is 0 Å². The molecule has 0 aliphatic rings. The molecule has 29 heavy (non-hydrogen) atoms. The summed E-state index contributed by atoms with van der Waals surface area (Å²) in [5.41, 5.74) is 1.14. The van der Waals surface area contributed by atoms with E-state index in [0.717, 1.165) is 21.5 Å². The van der Waals surface area contributed by atoms with Crippen LogP contribution in [0.5, 0.6) is 0 Å². The van der Waals surface area contributed by atoms with Crippen LogP contribution in [-0.2, 0) is 11.3 Å². The van der Waals surface area contributed by atoms with Crippen LogP contribution in [0.4, 0.5) is 0 Å². The van der Waals surface area contributed by atoms with E-state index in [9.17, 15) is 0 Å². The van der Waals surface area contributed by atoms with E-state index in [1.807, 2.05) is 36.4 Å². The van der Waals surface area contributed by atoms with Gasteiger partial charge in [-0.1, -0.05) is 0 Å². The summed E-state index contributed by atoms with van der Waals surface area (Å²) in [6.45, 7) is 0.526. The fourth-order valence-electron chi connectivity index (χ4n) is 3.80. The molecule has 0 amide bonds. The third-order valence-corrected chi connectivity index (χ3v) is 12.2. The molecule has 0 saturated heterocycles. The number of rotatable bonds is 7. The standard InChI is InChI=1S/C26H24ClOP/c27-29(24-15-7-2-8-16-24,25-17-9-3-10-18-25,26-19-11-4-12-20-26)22-28-21-23-13-5-1-6-14-23/h1-20H,21-22H2. The van der Waals surface area contributed by atoms with Gasteiger partial charge in [-0.3, -0.25) is 0 Å². The Hall–Kier alpha value is -2.44. The van der Waals surface area contributed by atoms with Crippen molar-refractivity contribution in [3.05, 3.63) is 127 Å². The Morgan fingerprint density at radius 1 is 0.517 bits per heavy atom. The summed E-state index contributed by atoms with van der Waals surface area (Å²) in [7, 11) is 0. The van der Waals surface area contributed by atoms with Gasteiger partial charge in [-0.05, 0) is 0 Å². The van der Waals surface area contributed by atoms with Gasteiger partial charge in [0.1, 0.15) is 0 Å². The van der Waals surface area contributed by atoms with Gasteiger partial charge in [0.05, 0.1) is 0 Å². The zero-order chi connectivity index (χ0) is 20.0. The van der Waals surface area contributed by atoms with Crippen LogP contribution in [0.3, 0.4) is 0 Å². The van der Waals surface area contributed by atoms with E-state index in [0.29, 0.717) is 13.0 Å². The normalized spacial score (nSPS) is 12.8. The van der Waals surface area contributed by atoms with E-state index in [2.05, 4.69) is 84.9 Å². The van der Waals surface area contributed by atoms with Gasteiger partial charge in [0, 0.05) is 0 Å². The van der Waals surface area contributed by atoms with Crippen LogP contribution in [0.25, 0.3) is 0 Å². The van der Waals surface area contributed by atoms with Crippen LogP contribution in [0.15, 0.2) is 121 Å². The number of ether oxygens (including phenoxy) is 1. The fourth-order valence-corrected chi connectivity index (χ4v) is 9.17. The molecule has 1 nitrogen and oxygen atoms in total. The summed E-state index contributed by atoms with van der Waals surface area (Å²) in [5, 5.41) is 3.35. The number of benzene rings is 4. The molecule has 0 saturated carbocycles. The molecule has 0 spiro atoms. The van der Waals surface area contributed by atoms with Crippen molar-refractivity contribution in [1.82, 2.24) is 0 Å². The molecule has 0 N–H and O–H groups in total. The van der Waals surface area contributed by atoms with Gasteiger partial charge in [0.2, 0.25) is 0 Å². The predicted octanol–water partition coefficient (Wildman–Crippen LogP) is 5.84. The molecule has 4 aromatic rings. The van der Waals surface area contributed by atoms with Crippen LogP contribution >= 0.6 is 17.2 Å². The minimum atomic E-state index is -3.34. The predicted molar refractivity (Wildman–Crippen MR) is 127 cm³/mol. The van der Waals surface area contributed by atoms with Crippen molar-refractivity contribution < 1.29 is 4.74 Å². The molecule has 4 rings (SSSR count). The maximum absolute atomic E-state index is 7.95. The Morgan fingerprint density at radius 3 is 1.24 bits per heavy atom. The summed E-state index contributed by atoms with van der Waals surface area (Å²) in [6, 6.07) is 41.5. The van der Waals surface area contributed by atoms with E-state index in [-0.39, 0.29) is 0 Å². The maximum atomic E-state index is 7.95. The van der Waals surface area contributed by atoms with Crippen molar-refractivity contribution in [1.29, 1.82) is 0 Å². The average molecular weight is 419 g/mol. The first kappa shape index (κ1) is 19.9. The molecular weight excluding hydrogens is 395 g/mol. The number of halogens is 1. The van der Waals surface area contributed by atoms with Crippen LogP contribution in [0.2, 0.25) is 0 Å². The van der Waals surface area contributed by atoms with Crippen molar-refractivity contribution in [3.8, 4) is 0 Å². The first-order valence-corrected chi connectivity index (χ1v) is 13.1. The zero-order valence-electron chi connectivity index (χ0n) is 16.2. The third kappa shape index (κ3) is 3.74. The second kappa shape index (κ2) is 8.51. The Morgan fingerprint density at radius 2 is 0.862 bits per heavy atom. The average Bonchev–Trinajstić information content (AvgIpc) is 2.81.